The Hall–Kier alpha value is -1.78. The van der Waals surface area contributed by atoms with Gasteiger partial charge in [-0.15, -0.1) is 0 Å². The third-order valence-electron chi connectivity index (χ3n) is 5.19. The summed E-state index contributed by atoms with van der Waals surface area (Å²) < 4.78 is 54.3. The molecule has 0 amide bonds. The number of quaternary nitrogens is 1. The minimum absolute atomic E-state index is 0.257. The summed E-state index contributed by atoms with van der Waals surface area (Å²) in [6.07, 6.45) is 0. The Morgan fingerprint density at radius 3 is 1.83 bits per heavy atom. The number of nitrogens with zero attached hydrogens (tertiary/aromatic N) is 1. The Balaban J connectivity index is 1.50. The first kappa shape index (κ1) is 21.9. The minimum Gasteiger partial charge on any atom is -0.332 e. The molecule has 0 saturated carbocycles. The Morgan fingerprint density at radius 2 is 1.31 bits per heavy atom. The summed E-state index contributed by atoms with van der Waals surface area (Å²) >= 11 is 0. The molecule has 1 aliphatic rings. The first-order valence-corrected chi connectivity index (χ1v) is 12.6. The number of hydrogen-bond donors (Lipinski definition) is 2. The Bertz CT molecular complexity index is 1020. The number of benzene rings is 2. The van der Waals surface area contributed by atoms with E-state index in [9.17, 15) is 16.8 Å². The number of nitrogens with one attached hydrogen (secondary N) is 2. The molecule has 29 heavy (non-hydrogen) atoms. The van der Waals surface area contributed by atoms with Crippen LogP contribution in [0.1, 0.15) is 11.1 Å². The van der Waals surface area contributed by atoms with Crippen molar-refractivity contribution < 1.29 is 21.7 Å². The van der Waals surface area contributed by atoms with Crippen molar-refractivity contribution in [2.75, 3.05) is 39.3 Å². The van der Waals surface area contributed by atoms with Gasteiger partial charge >= 0.3 is 0 Å². The van der Waals surface area contributed by atoms with E-state index in [-0.39, 0.29) is 4.90 Å². The van der Waals surface area contributed by atoms with Crippen LogP contribution in [0.5, 0.6) is 0 Å². The molecule has 0 aromatic heterocycles. The van der Waals surface area contributed by atoms with Crippen molar-refractivity contribution in [2.45, 2.75) is 23.6 Å². The third-order valence-corrected chi connectivity index (χ3v) is 8.58. The van der Waals surface area contributed by atoms with Gasteiger partial charge in [-0.1, -0.05) is 35.4 Å². The molecule has 0 radical (unpaired) electrons. The van der Waals surface area contributed by atoms with Gasteiger partial charge in [-0.05, 0) is 38.1 Å². The molecule has 158 valence electrons. The first-order valence-electron chi connectivity index (χ1n) is 9.65. The highest BCUT2D eigenvalue weighted by Gasteiger charge is 2.30. The number of piperazine rings is 1. The fourth-order valence-electron chi connectivity index (χ4n) is 3.32. The normalized spacial score (nSPS) is 16.8. The van der Waals surface area contributed by atoms with Gasteiger partial charge in [-0.3, -0.25) is 0 Å². The molecular formula is C20H28N3O4S2+. The summed E-state index contributed by atoms with van der Waals surface area (Å²) in [5, 5.41) is 0. The fourth-order valence-corrected chi connectivity index (χ4v) is 5.79. The number of rotatable bonds is 7. The van der Waals surface area contributed by atoms with E-state index in [1.807, 2.05) is 13.8 Å². The second-order valence-corrected chi connectivity index (χ2v) is 11.1. The molecule has 0 atom stereocenters. The van der Waals surface area contributed by atoms with Gasteiger partial charge in [0.2, 0.25) is 20.0 Å². The van der Waals surface area contributed by atoms with Gasteiger partial charge in [0.1, 0.15) is 0 Å². The van der Waals surface area contributed by atoms with Crippen LogP contribution in [0.4, 0.5) is 0 Å². The van der Waals surface area contributed by atoms with Gasteiger partial charge in [0.15, 0.2) is 0 Å². The summed E-state index contributed by atoms with van der Waals surface area (Å²) in [5.41, 5.74) is 2.03. The highest BCUT2D eigenvalue weighted by molar-refractivity contribution is 7.89. The Labute approximate surface area is 173 Å². The van der Waals surface area contributed by atoms with Crippen molar-refractivity contribution in [3.8, 4) is 0 Å². The molecule has 2 N–H and O–H groups in total. The van der Waals surface area contributed by atoms with Crippen LogP contribution < -0.4 is 9.62 Å². The topological polar surface area (TPSA) is 88.0 Å². The van der Waals surface area contributed by atoms with Crippen molar-refractivity contribution in [1.29, 1.82) is 0 Å². The van der Waals surface area contributed by atoms with Crippen molar-refractivity contribution in [3.63, 3.8) is 0 Å². The van der Waals surface area contributed by atoms with Crippen LogP contribution in [0.3, 0.4) is 0 Å². The zero-order valence-electron chi connectivity index (χ0n) is 16.8. The van der Waals surface area contributed by atoms with Crippen LogP contribution in [0.2, 0.25) is 0 Å². The molecule has 2 aromatic carbocycles. The van der Waals surface area contributed by atoms with Crippen LogP contribution in [-0.4, -0.2) is 60.4 Å². The van der Waals surface area contributed by atoms with Crippen LogP contribution in [0, 0.1) is 13.8 Å². The van der Waals surface area contributed by atoms with Gasteiger partial charge < -0.3 is 4.90 Å². The monoisotopic (exact) mass is 438 g/mol. The predicted molar refractivity (Wildman–Crippen MR) is 112 cm³/mol. The number of sulfonamides is 2. The molecule has 0 spiro atoms. The maximum Gasteiger partial charge on any atom is 0.243 e. The van der Waals surface area contributed by atoms with E-state index in [4.69, 9.17) is 0 Å². The molecule has 2 aromatic rings. The van der Waals surface area contributed by atoms with Crippen molar-refractivity contribution in [3.05, 3.63) is 59.7 Å². The average molecular weight is 439 g/mol. The largest absolute Gasteiger partial charge is 0.332 e. The van der Waals surface area contributed by atoms with Crippen LogP contribution in [0.15, 0.2) is 58.3 Å². The molecule has 1 saturated heterocycles. The molecule has 9 heteroatoms. The third kappa shape index (κ3) is 5.43. The quantitative estimate of drug-likeness (QED) is 0.645. The van der Waals surface area contributed by atoms with Gasteiger partial charge in [0.05, 0.1) is 49.1 Å². The summed E-state index contributed by atoms with van der Waals surface area (Å²) in [7, 11) is -7.00. The lowest BCUT2D eigenvalue weighted by atomic mass is 10.2. The van der Waals surface area contributed by atoms with E-state index >= 15 is 0 Å². The van der Waals surface area contributed by atoms with E-state index in [1.54, 1.807) is 48.5 Å². The van der Waals surface area contributed by atoms with E-state index in [2.05, 4.69) is 4.72 Å². The maximum atomic E-state index is 12.8. The lowest BCUT2D eigenvalue weighted by Crippen LogP contribution is -3.15. The van der Waals surface area contributed by atoms with Gasteiger partial charge in [-0.2, -0.15) is 4.31 Å². The van der Waals surface area contributed by atoms with Gasteiger partial charge in [0, 0.05) is 0 Å². The fraction of sp³-hybridized carbons (Fsp3) is 0.400. The van der Waals surface area contributed by atoms with Crippen molar-refractivity contribution in [1.82, 2.24) is 9.03 Å². The van der Waals surface area contributed by atoms with Crippen LogP contribution in [0.25, 0.3) is 0 Å². The molecule has 1 heterocycles. The molecular weight excluding hydrogens is 410 g/mol. The highest BCUT2D eigenvalue weighted by atomic mass is 32.2. The highest BCUT2D eigenvalue weighted by Crippen LogP contribution is 2.16. The Kier molecular flexibility index (Phi) is 6.75. The van der Waals surface area contributed by atoms with Crippen LogP contribution in [-0.2, 0) is 20.0 Å². The van der Waals surface area contributed by atoms with Crippen molar-refractivity contribution in [2.24, 2.45) is 0 Å². The molecule has 1 aliphatic heterocycles. The molecule has 0 unspecified atom stereocenters. The molecule has 0 aliphatic carbocycles. The predicted octanol–water partition coefficient (Wildman–Crippen LogP) is 0.171. The average Bonchev–Trinajstić information content (AvgIpc) is 2.69. The summed E-state index contributed by atoms with van der Waals surface area (Å²) in [4.78, 5) is 1.76. The lowest BCUT2D eigenvalue weighted by molar-refractivity contribution is -0.902. The summed E-state index contributed by atoms with van der Waals surface area (Å²) in [5.74, 6) is 0. The zero-order valence-corrected chi connectivity index (χ0v) is 18.4. The number of hydrogen-bond acceptors (Lipinski definition) is 4. The van der Waals surface area contributed by atoms with E-state index < -0.39 is 20.0 Å². The van der Waals surface area contributed by atoms with E-state index in [0.717, 1.165) is 11.1 Å². The second-order valence-electron chi connectivity index (χ2n) is 7.43. The smallest absolute Gasteiger partial charge is 0.243 e. The molecule has 3 rings (SSSR count). The lowest BCUT2D eigenvalue weighted by Gasteiger charge is -2.31. The van der Waals surface area contributed by atoms with Crippen LogP contribution >= 0.6 is 0 Å². The first-order chi connectivity index (χ1) is 13.7. The SMILES string of the molecule is Cc1ccc(S(=O)(=O)NCC[NH+]2CCN(S(=O)(=O)c3ccc(C)cc3)CC2)cc1. The summed E-state index contributed by atoms with van der Waals surface area (Å²) in [6.45, 7) is 6.92. The van der Waals surface area contributed by atoms with Gasteiger partial charge in [0.25, 0.3) is 0 Å². The standard InChI is InChI=1S/C20H27N3O4S2/c1-17-3-7-19(8-4-17)28(24,25)21-11-12-22-13-15-23(16-14-22)29(26,27)20-9-5-18(2)6-10-20/h3-10,21H,11-16H2,1-2H3/p+1. The second kappa shape index (κ2) is 8.93. The Morgan fingerprint density at radius 1 is 0.828 bits per heavy atom. The molecule has 7 nitrogen and oxygen atoms in total. The maximum absolute atomic E-state index is 12.8. The molecule has 0 bridgehead atoms. The minimum atomic E-state index is -3.52. The zero-order chi connectivity index (χ0) is 21.1. The summed E-state index contributed by atoms with van der Waals surface area (Å²) in [6, 6.07) is 13.6. The van der Waals surface area contributed by atoms with E-state index in [1.165, 1.54) is 9.21 Å². The molecule has 1 fully saturated rings. The number of aryl methyl sites for hydroxylation is 2. The van der Waals surface area contributed by atoms with E-state index in [0.29, 0.717) is 44.2 Å². The van der Waals surface area contributed by atoms with Gasteiger partial charge in [-0.25, -0.2) is 21.6 Å². The van der Waals surface area contributed by atoms with Crippen molar-refractivity contribution >= 4 is 20.0 Å².